The van der Waals surface area contributed by atoms with Crippen LogP contribution in [-0.4, -0.2) is 35.9 Å². The van der Waals surface area contributed by atoms with E-state index in [0.717, 1.165) is 72.2 Å². The van der Waals surface area contributed by atoms with Crippen molar-refractivity contribution in [1.82, 2.24) is 9.13 Å². The van der Waals surface area contributed by atoms with Crippen molar-refractivity contribution in [3.05, 3.63) is 86.1 Å². The molecule has 0 bridgehead atoms. The Labute approximate surface area is 231 Å². The van der Waals surface area contributed by atoms with Gasteiger partial charge < -0.3 is 0 Å². The summed E-state index contributed by atoms with van der Waals surface area (Å²) in [5, 5.41) is 2.27. The average Bonchev–Trinajstić information content (AvgIpc) is 3.64. The lowest BCUT2D eigenvalue weighted by Crippen LogP contribution is -2.69. The topological polar surface area (TPSA) is 15.9 Å². The highest BCUT2D eigenvalue weighted by molar-refractivity contribution is 6.20. The van der Waals surface area contributed by atoms with Gasteiger partial charge in [0.2, 0.25) is 22.8 Å². The third kappa shape index (κ3) is 2.88. The molecule has 0 saturated carbocycles. The van der Waals surface area contributed by atoms with Gasteiger partial charge in [-0.2, -0.15) is 22.3 Å². The van der Waals surface area contributed by atoms with Crippen molar-refractivity contribution < 1.29 is 22.3 Å². The zero-order valence-electron chi connectivity index (χ0n) is 23.2. The molecule has 0 aliphatic carbocycles. The van der Waals surface area contributed by atoms with E-state index in [9.17, 15) is 13.2 Å². The van der Waals surface area contributed by atoms with Gasteiger partial charge in [-0.15, -0.1) is 0 Å². The zero-order valence-corrected chi connectivity index (χ0v) is 23.2. The number of alkyl halides is 3. The molecule has 2 aromatic rings. The smallest absolute Gasteiger partial charge is 0.199 e. The first kappa shape index (κ1) is 24.2. The summed E-state index contributed by atoms with van der Waals surface area (Å²) in [5.41, 5.74) is 11.3. The maximum Gasteiger partial charge on any atom is 0.553 e. The van der Waals surface area contributed by atoms with Gasteiger partial charge in [0.15, 0.2) is 0 Å². The van der Waals surface area contributed by atoms with E-state index in [4.69, 9.17) is 0 Å². The van der Waals surface area contributed by atoms with Gasteiger partial charge in [-0.1, -0.05) is 49.2 Å². The zero-order chi connectivity index (χ0) is 27.6. The summed E-state index contributed by atoms with van der Waals surface area (Å²) < 4.78 is 50.2. The van der Waals surface area contributed by atoms with Gasteiger partial charge in [-0.05, 0) is 55.0 Å². The average molecular weight is 543 g/mol. The van der Waals surface area contributed by atoms with Crippen molar-refractivity contribution in [1.29, 1.82) is 0 Å². The van der Waals surface area contributed by atoms with Crippen molar-refractivity contribution in [2.24, 2.45) is 0 Å². The summed E-state index contributed by atoms with van der Waals surface area (Å²) >= 11 is 0. The monoisotopic (exact) mass is 542 g/mol. The number of hydrogen-bond acceptors (Lipinski definition) is 0. The molecule has 6 aliphatic heterocycles. The maximum atomic E-state index is 13.5. The minimum atomic E-state index is -4.20. The van der Waals surface area contributed by atoms with Gasteiger partial charge >= 0.3 is 12.1 Å². The van der Waals surface area contributed by atoms with Gasteiger partial charge in [0.25, 0.3) is 0 Å². The van der Waals surface area contributed by atoms with Gasteiger partial charge in [0, 0.05) is 41.9 Å². The lowest BCUT2D eigenvalue weighted by molar-refractivity contribution is -0.836. The van der Waals surface area contributed by atoms with Crippen LogP contribution in [0.2, 0.25) is 0 Å². The molecule has 1 atom stereocenters. The largest absolute Gasteiger partial charge is 0.553 e. The van der Waals surface area contributed by atoms with Crippen LogP contribution in [0.3, 0.4) is 0 Å². The molecule has 40 heavy (non-hydrogen) atoms. The van der Waals surface area contributed by atoms with Crippen LogP contribution >= 0.6 is 0 Å². The van der Waals surface area contributed by atoms with Crippen LogP contribution in [0.1, 0.15) is 81.8 Å². The summed E-state index contributed by atoms with van der Waals surface area (Å²) in [4.78, 5) is 0. The highest BCUT2D eigenvalue weighted by atomic mass is 19.4. The van der Waals surface area contributed by atoms with E-state index in [1.807, 2.05) is 6.08 Å². The summed E-state index contributed by atoms with van der Waals surface area (Å²) in [6.45, 7) is 6.63. The van der Waals surface area contributed by atoms with Crippen LogP contribution in [0.25, 0.3) is 18.2 Å². The molecule has 2 aromatic heterocycles. The van der Waals surface area contributed by atoms with Crippen LogP contribution in [0.4, 0.5) is 13.2 Å². The highest BCUT2D eigenvalue weighted by Crippen LogP contribution is 2.47. The Balaban J connectivity index is 1.51. The van der Waals surface area contributed by atoms with Crippen molar-refractivity contribution in [2.75, 3.05) is 0 Å². The SMILES string of the molecule is CCCC1=CC2=Cc3c(CCC)cc4n3C35n6c(cc(CCC)c6=C4)=CC4=[N+]3C(=CC1=[N+]25)C=C4CCC(F)(F)F. The second kappa shape index (κ2) is 7.99. The highest BCUT2D eigenvalue weighted by Gasteiger charge is 2.71. The number of aryl methyl sites for hydroxylation is 2. The summed E-state index contributed by atoms with van der Waals surface area (Å²) in [7, 11) is 0. The molecule has 0 radical (unpaired) electrons. The summed E-state index contributed by atoms with van der Waals surface area (Å²) in [6.07, 6.45) is 14.3. The number of allylic oxidation sites excluding steroid dienone is 5. The van der Waals surface area contributed by atoms with E-state index in [2.05, 4.69) is 81.6 Å². The molecule has 0 fully saturated rings. The fraction of sp³-hybridized carbons (Fsp3) is 0.394. The molecular formula is C33H33F3N4+2. The Morgan fingerprint density at radius 2 is 1.35 bits per heavy atom. The predicted octanol–water partition coefficient (Wildman–Crippen LogP) is 5.43. The molecule has 0 saturated heterocycles. The molecule has 8 rings (SSSR count). The second-order valence-electron chi connectivity index (χ2n) is 11.8. The lowest BCUT2D eigenvalue weighted by atomic mass is 10.0. The number of hydrogen-bond donors (Lipinski definition) is 0. The Hall–Kier alpha value is -3.61. The molecule has 6 aliphatic rings. The van der Waals surface area contributed by atoms with Crippen LogP contribution in [0, 0.1) is 0 Å². The first-order valence-corrected chi connectivity index (χ1v) is 14.8. The first-order valence-electron chi connectivity index (χ1n) is 14.8. The Kier molecular flexibility index (Phi) is 4.83. The molecule has 1 spiro atoms. The standard InChI is InChI=1S/C33H33F3N4/c1-4-7-20-12-24-17-29-22(9-6-3)14-26-19-31-23(10-11-32(34,35)36)15-27-18-30-21(8-5-2)13-25-16-28(20)37(24)33(38(25)30,39(26)29)40(27)31/h12-19H,4-11H2,1-3H3/q+2. The molecular weight excluding hydrogens is 509 g/mol. The van der Waals surface area contributed by atoms with Gasteiger partial charge in [0.1, 0.15) is 0 Å². The van der Waals surface area contributed by atoms with Crippen LogP contribution in [0.15, 0.2) is 52.9 Å². The van der Waals surface area contributed by atoms with Crippen LogP contribution in [0.5, 0.6) is 0 Å². The summed E-state index contributed by atoms with van der Waals surface area (Å²) in [5.74, 6) is -0.780. The van der Waals surface area contributed by atoms with Crippen molar-refractivity contribution in [2.45, 2.75) is 84.2 Å². The van der Waals surface area contributed by atoms with Gasteiger partial charge in [0.05, 0.1) is 28.2 Å². The van der Waals surface area contributed by atoms with Gasteiger partial charge in [-0.25, -0.2) is 0 Å². The lowest BCUT2D eigenvalue weighted by Gasteiger charge is -2.37. The predicted molar refractivity (Wildman–Crippen MR) is 150 cm³/mol. The minimum Gasteiger partial charge on any atom is -0.199 e. The maximum absolute atomic E-state index is 13.5. The van der Waals surface area contributed by atoms with Crippen LogP contribution in [-0.2, 0) is 18.8 Å². The number of rotatable bonds is 8. The molecule has 1 unspecified atom stereocenters. The number of aromatic nitrogens is 2. The Bertz CT molecular complexity index is 1860. The van der Waals surface area contributed by atoms with E-state index in [1.165, 1.54) is 33.5 Å². The molecule has 8 heterocycles. The molecule has 7 heteroatoms. The van der Waals surface area contributed by atoms with Gasteiger partial charge in [-0.3, -0.25) is 0 Å². The quantitative estimate of drug-likeness (QED) is 0.396. The van der Waals surface area contributed by atoms with E-state index >= 15 is 0 Å². The molecule has 0 aromatic carbocycles. The van der Waals surface area contributed by atoms with Crippen molar-refractivity contribution in [3.63, 3.8) is 0 Å². The van der Waals surface area contributed by atoms with Crippen LogP contribution < -0.4 is 10.7 Å². The fourth-order valence-corrected chi connectivity index (χ4v) is 7.84. The second-order valence-corrected chi connectivity index (χ2v) is 11.8. The molecule has 0 N–H and O–H groups in total. The number of nitrogens with zero attached hydrogens (tertiary/aromatic N) is 4. The molecule has 204 valence electrons. The van der Waals surface area contributed by atoms with Crippen molar-refractivity contribution >= 4 is 29.7 Å². The van der Waals surface area contributed by atoms with E-state index in [1.54, 1.807) is 0 Å². The fourth-order valence-electron chi connectivity index (χ4n) is 7.84. The Morgan fingerprint density at radius 1 is 0.700 bits per heavy atom. The van der Waals surface area contributed by atoms with E-state index in [0.29, 0.717) is 0 Å². The van der Waals surface area contributed by atoms with Crippen molar-refractivity contribution in [3.8, 4) is 0 Å². The number of halogens is 3. The summed E-state index contributed by atoms with van der Waals surface area (Å²) in [6, 6.07) is 4.62. The molecule has 0 amide bonds. The van der Waals surface area contributed by atoms with E-state index < -0.39 is 18.5 Å². The Morgan fingerprint density at radius 3 is 2.05 bits per heavy atom. The third-order valence-corrected chi connectivity index (χ3v) is 9.18. The third-order valence-electron chi connectivity index (χ3n) is 9.18. The van der Waals surface area contributed by atoms with E-state index in [-0.39, 0.29) is 6.42 Å². The first-order chi connectivity index (χ1) is 19.3. The minimum absolute atomic E-state index is 0.0249. The normalized spacial score (nSPS) is 22.4. The molecule has 4 nitrogen and oxygen atoms in total.